The van der Waals surface area contributed by atoms with E-state index in [9.17, 15) is 8.78 Å². The van der Waals surface area contributed by atoms with Crippen molar-refractivity contribution in [1.82, 2.24) is 0 Å². The van der Waals surface area contributed by atoms with Crippen molar-refractivity contribution in [2.75, 3.05) is 6.61 Å². The first kappa shape index (κ1) is 13.3. The Hall–Kier alpha value is -1.12. The van der Waals surface area contributed by atoms with Crippen molar-refractivity contribution in [1.29, 1.82) is 0 Å². The SMILES string of the molecule is Cc1ccc(OCC2CCCC(F)(F)C2)c(C)c1. The summed E-state index contributed by atoms with van der Waals surface area (Å²) in [5, 5.41) is 0. The highest BCUT2D eigenvalue weighted by molar-refractivity contribution is 5.35. The number of ether oxygens (including phenoxy) is 1. The lowest BCUT2D eigenvalue weighted by Crippen LogP contribution is -2.29. The summed E-state index contributed by atoms with van der Waals surface area (Å²) in [6.45, 7) is 4.41. The van der Waals surface area contributed by atoms with Crippen LogP contribution in [0.25, 0.3) is 0 Å². The lowest BCUT2D eigenvalue weighted by Gasteiger charge is -2.28. The average Bonchev–Trinajstić information content (AvgIpc) is 2.26. The smallest absolute Gasteiger partial charge is 0.248 e. The molecule has 1 unspecified atom stereocenters. The summed E-state index contributed by atoms with van der Waals surface area (Å²) >= 11 is 0. The summed E-state index contributed by atoms with van der Waals surface area (Å²) in [6.07, 6.45) is 1.46. The molecule has 0 radical (unpaired) electrons. The minimum Gasteiger partial charge on any atom is -0.493 e. The molecule has 2 rings (SSSR count). The van der Waals surface area contributed by atoms with Crippen molar-refractivity contribution < 1.29 is 13.5 Å². The molecule has 0 heterocycles. The number of rotatable bonds is 3. The monoisotopic (exact) mass is 254 g/mol. The number of alkyl halides is 2. The highest BCUT2D eigenvalue weighted by atomic mass is 19.3. The molecule has 0 spiro atoms. The third kappa shape index (κ3) is 3.44. The molecule has 18 heavy (non-hydrogen) atoms. The fourth-order valence-corrected chi connectivity index (χ4v) is 2.59. The molecular formula is C15H20F2O. The van der Waals surface area contributed by atoms with Gasteiger partial charge in [-0.15, -0.1) is 0 Å². The first-order chi connectivity index (χ1) is 8.46. The largest absolute Gasteiger partial charge is 0.493 e. The predicted octanol–water partition coefficient (Wildman–Crippen LogP) is 4.51. The van der Waals surface area contributed by atoms with Crippen molar-refractivity contribution in [2.24, 2.45) is 5.92 Å². The van der Waals surface area contributed by atoms with E-state index in [-0.39, 0.29) is 18.8 Å². The van der Waals surface area contributed by atoms with Gasteiger partial charge in [0.1, 0.15) is 5.75 Å². The van der Waals surface area contributed by atoms with Crippen molar-refractivity contribution >= 4 is 0 Å². The van der Waals surface area contributed by atoms with Crippen LogP contribution in [-0.4, -0.2) is 12.5 Å². The normalized spacial score (nSPS) is 22.8. The van der Waals surface area contributed by atoms with Gasteiger partial charge in [-0.05, 0) is 44.2 Å². The first-order valence-corrected chi connectivity index (χ1v) is 6.54. The number of benzene rings is 1. The van der Waals surface area contributed by atoms with Gasteiger partial charge < -0.3 is 4.74 Å². The molecule has 1 aliphatic rings. The van der Waals surface area contributed by atoms with E-state index in [0.717, 1.165) is 17.7 Å². The Labute approximate surface area is 107 Å². The number of halogens is 2. The Kier molecular flexibility index (Phi) is 3.88. The highest BCUT2D eigenvalue weighted by Gasteiger charge is 2.36. The Morgan fingerprint density at radius 3 is 2.78 bits per heavy atom. The first-order valence-electron chi connectivity index (χ1n) is 6.54. The van der Waals surface area contributed by atoms with Crippen LogP contribution in [0.15, 0.2) is 18.2 Å². The van der Waals surface area contributed by atoms with E-state index in [2.05, 4.69) is 0 Å². The van der Waals surface area contributed by atoms with Crippen molar-refractivity contribution in [3.63, 3.8) is 0 Å². The van der Waals surface area contributed by atoms with E-state index in [4.69, 9.17) is 4.74 Å². The summed E-state index contributed by atoms with van der Waals surface area (Å²) in [7, 11) is 0. The number of hydrogen-bond donors (Lipinski definition) is 0. The van der Waals surface area contributed by atoms with Gasteiger partial charge in [0.05, 0.1) is 6.61 Å². The molecule has 1 fully saturated rings. The van der Waals surface area contributed by atoms with E-state index >= 15 is 0 Å². The minimum absolute atomic E-state index is 0.0190. The Morgan fingerprint density at radius 1 is 1.33 bits per heavy atom. The standard InChI is InChI=1S/C15H20F2O/c1-11-5-6-14(12(2)8-11)18-10-13-4-3-7-15(16,17)9-13/h5-6,8,13H,3-4,7,9-10H2,1-2H3. The maximum atomic E-state index is 13.3. The molecule has 1 saturated carbocycles. The van der Waals surface area contributed by atoms with Gasteiger partial charge in [-0.3, -0.25) is 0 Å². The molecule has 0 aromatic heterocycles. The number of hydrogen-bond acceptors (Lipinski definition) is 1. The lowest BCUT2D eigenvalue weighted by atomic mass is 9.87. The van der Waals surface area contributed by atoms with E-state index in [1.807, 2.05) is 32.0 Å². The second-order valence-electron chi connectivity index (χ2n) is 5.40. The fourth-order valence-electron chi connectivity index (χ4n) is 2.59. The third-order valence-electron chi connectivity index (χ3n) is 3.55. The second-order valence-corrected chi connectivity index (χ2v) is 5.40. The molecule has 1 nitrogen and oxygen atoms in total. The summed E-state index contributed by atoms with van der Waals surface area (Å²) in [4.78, 5) is 0. The molecule has 1 atom stereocenters. The topological polar surface area (TPSA) is 9.23 Å². The van der Waals surface area contributed by atoms with E-state index < -0.39 is 5.92 Å². The molecular weight excluding hydrogens is 234 g/mol. The highest BCUT2D eigenvalue weighted by Crippen LogP contribution is 2.36. The second kappa shape index (κ2) is 5.25. The van der Waals surface area contributed by atoms with E-state index in [1.165, 1.54) is 5.56 Å². The maximum absolute atomic E-state index is 13.3. The molecule has 0 saturated heterocycles. The van der Waals surface area contributed by atoms with Crippen LogP contribution >= 0.6 is 0 Å². The zero-order valence-corrected chi connectivity index (χ0v) is 11.0. The minimum atomic E-state index is -2.49. The average molecular weight is 254 g/mol. The lowest BCUT2D eigenvalue weighted by molar-refractivity contribution is -0.0585. The van der Waals surface area contributed by atoms with Crippen molar-refractivity contribution in [3.05, 3.63) is 29.3 Å². The van der Waals surface area contributed by atoms with Gasteiger partial charge >= 0.3 is 0 Å². The van der Waals surface area contributed by atoms with Gasteiger partial charge in [0, 0.05) is 12.8 Å². The summed E-state index contributed by atoms with van der Waals surface area (Å²) in [6, 6.07) is 5.95. The van der Waals surface area contributed by atoms with Gasteiger partial charge in [-0.25, -0.2) is 8.78 Å². The van der Waals surface area contributed by atoms with Crippen LogP contribution < -0.4 is 4.74 Å². The molecule has 1 aromatic carbocycles. The summed E-state index contributed by atoms with van der Waals surface area (Å²) in [5.74, 6) is -1.70. The number of aryl methyl sites for hydroxylation is 2. The molecule has 0 amide bonds. The van der Waals surface area contributed by atoms with Crippen LogP contribution in [0, 0.1) is 19.8 Å². The molecule has 0 N–H and O–H groups in total. The van der Waals surface area contributed by atoms with Crippen LogP contribution in [-0.2, 0) is 0 Å². The zero-order chi connectivity index (χ0) is 13.2. The Morgan fingerprint density at radius 2 is 2.11 bits per heavy atom. The third-order valence-corrected chi connectivity index (χ3v) is 3.55. The van der Waals surface area contributed by atoms with Crippen molar-refractivity contribution in [3.8, 4) is 5.75 Å². The van der Waals surface area contributed by atoms with Gasteiger partial charge in [0.15, 0.2) is 0 Å². The predicted molar refractivity (Wildman–Crippen MR) is 68.3 cm³/mol. The van der Waals surface area contributed by atoms with Crippen LogP contribution in [0.1, 0.15) is 36.8 Å². The van der Waals surface area contributed by atoms with Crippen LogP contribution in [0.3, 0.4) is 0 Å². The van der Waals surface area contributed by atoms with E-state index in [0.29, 0.717) is 13.0 Å². The zero-order valence-electron chi connectivity index (χ0n) is 11.0. The molecule has 100 valence electrons. The molecule has 0 bridgehead atoms. The Bertz CT molecular complexity index is 415. The maximum Gasteiger partial charge on any atom is 0.248 e. The van der Waals surface area contributed by atoms with Crippen LogP contribution in [0.5, 0.6) is 5.75 Å². The van der Waals surface area contributed by atoms with Crippen LogP contribution in [0.2, 0.25) is 0 Å². The Balaban J connectivity index is 1.91. The molecule has 1 aliphatic carbocycles. The molecule has 0 aliphatic heterocycles. The summed E-state index contributed by atoms with van der Waals surface area (Å²) in [5.41, 5.74) is 2.25. The van der Waals surface area contributed by atoms with E-state index in [1.54, 1.807) is 0 Å². The van der Waals surface area contributed by atoms with Crippen molar-refractivity contribution in [2.45, 2.75) is 45.5 Å². The van der Waals surface area contributed by atoms with Gasteiger partial charge in [0.2, 0.25) is 5.92 Å². The molecule has 3 heteroatoms. The van der Waals surface area contributed by atoms with Gasteiger partial charge in [-0.1, -0.05) is 17.7 Å². The van der Waals surface area contributed by atoms with Gasteiger partial charge in [0.25, 0.3) is 0 Å². The molecule has 1 aromatic rings. The fraction of sp³-hybridized carbons (Fsp3) is 0.600. The summed E-state index contributed by atoms with van der Waals surface area (Å²) < 4.78 is 32.2. The van der Waals surface area contributed by atoms with Gasteiger partial charge in [-0.2, -0.15) is 0 Å². The quantitative estimate of drug-likeness (QED) is 0.771. The van der Waals surface area contributed by atoms with Crippen LogP contribution in [0.4, 0.5) is 8.78 Å².